The van der Waals surface area contributed by atoms with Gasteiger partial charge in [0.2, 0.25) is 0 Å². The number of nitrogens with zero attached hydrogens (tertiary/aromatic N) is 1. The summed E-state index contributed by atoms with van der Waals surface area (Å²) in [6.07, 6.45) is 3.49. The molecule has 1 saturated carbocycles. The van der Waals surface area contributed by atoms with Gasteiger partial charge in [-0.25, -0.2) is 4.79 Å². The summed E-state index contributed by atoms with van der Waals surface area (Å²) in [4.78, 5) is 10.9. The van der Waals surface area contributed by atoms with Crippen LogP contribution in [0.25, 0.3) is 0 Å². The van der Waals surface area contributed by atoms with E-state index in [-0.39, 0.29) is 0 Å². The Morgan fingerprint density at radius 1 is 1.39 bits per heavy atom. The van der Waals surface area contributed by atoms with Crippen molar-refractivity contribution in [1.82, 2.24) is 0 Å². The SMILES string of the molecule is CCC/C(C#C[C@@](O)(c1ccccc1)C1(C#N)CC1)=C/C(=O)O. The van der Waals surface area contributed by atoms with Gasteiger partial charge in [-0.2, -0.15) is 5.26 Å². The number of hydrogen-bond acceptors (Lipinski definition) is 3. The molecule has 0 spiro atoms. The lowest BCUT2D eigenvalue weighted by atomic mass is 9.79. The molecule has 118 valence electrons. The van der Waals surface area contributed by atoms with Gasteiger partial charge >= 0.3 is 5.97 Å². The largest absolute Gasteiger partial charge is 0.478 e. The van der Waals surface area contributed by atoms with E-state index in [0.29, 0.717) is 30.4 Å². The van der Waals surface area contributed by atoms with E-state index >= 15 is 0 Å². The van der Waals surface area contributed by atoms with E-state index in [0.717, 1.165) is 12.5 Å². The number of carboxylic acids is 1. The van der Waals surface area contributed by atoms with Crippen LogP contribution in [0.2, 0.25) is 0 Å². The Morgan fingerprint density at radius 3 is 2.52 bits per heavy atom. The summed E-state index contributed by atoms with van der Waals surface area (Å²) in [5.74, 6) is 4.55. The van der Waals surface area contributed by atoms with E-state index in [1.807, 2.05) is 13.0 Å². The molecule has 1 aromatic carbocycles. The van der Waals surface area contributed by atoms with E-state index in [4.69, 9.17) is 5.11 Å². The number of allylic oxidation sites excluding steroid dienone is 1. The Hall–Kier alpha value is -2.56. The van der Waals surface area contributed by atoms with Gasteiger partial charge in [0.15, 0.2) is 5.60 Å². The van der Waals surface area contributed by atoms with Gasteiger partial charge < -0.3 is 10.2 Å². The molecule has 0 aliphatic heterocycles. The minimum absolute atomic E-state index is 0.447. The highest BCUT2D eigenvalue weighted by Crippen LogP contribution is 2.57. The van der Waals surface area contributed by atoms with E-state index in [1.54, 1.807) is 24.3 Å². The number of carbonyl (C=O) groups is 1. The molecule has 1 aliphatic rings. The van der Waals surface area contributed by atoms with Gasteiger partial charge in [-0.15, -0.1) is 0 Å². The second-order valence-electron chi connectivity index (χ2n) is 5.78. The average molecular weight is 309 g/mol. The van der Waals surface area contributed by atoms with Crippen LogP contribution < -0.4 is 0 Å². The number of aliphatic carboxylic acids is 1. The van der Waals surface area contributed by atoms with Crippen molar-refractivity contribution in [3.05, 3.63) is 47.5 Å². The fourth-order valence-corrected chi connectivity index (χ4v) is 2.59. The Labute approximate surface area is 136 Å². The molecule has 0 saturated heterocycles. The van der Waals surface area contributed by atoms with Crippen LogP contribution in [0, 0.1) is 28.6 Å². The molecular formula is C19H19NO3. The third-order valence-corrected chi connectivity index (χ3v) is 4.07. The molecule has 2 N–H and O–H groups in total. The molecule has 0 heterocycles. The average Bonchev–Trinajstić information content (AvgIpc) is 3.34. The Kier molecular flexibility index (Phi) is 4.89. The summed E-state index contributed by atoms with van der Waals surface area (Å²) in [7, 11) is 0. The zero-order valence-electron chi connectivity index (χ0n) is 13.0. The summed E-state index contributed by atoms with van der Waals surface area (Å²) >= 11 is 0. The predicted molar refractivity (Wildman–Crippen MR) is 86.0 cm³/mol. The summed E-state index contributed by atoms with van der Waals surface area (Å²) in [5.41, 5.74) is -1.49. The van der Waals surface area contributed by atoms with Crippen molar-refractivity contribution >= 4 is 5.97 Å². The molecule has 1 atom stereocenters. The summed E-state index contributed by atoms with van der Waals surface area (Å²) < 4.78 is 0. The number of hydrogen-bond donors (Lipinski definition) is 2. The van der Waals surface area contributed by atoms with Crippen molar-refractivity contribution in [3.63, 3.8) is 0 Å². The van der Waals surface area contributed by atoms with Gasteiger partial charge in [-0.1, -0.05) is 55.5 Å². The van der Waals surface area contributed by atoms with Crippen LogP contribution in [0.4, 0.5) is 0 Å². The van der Waals surface area contributed by atoms with Crippen LogP contribution >= 0.6 is 0 Å². The molecule has 1 fully saturated rings. The zero-order valence-corrected chi connectivity index (χ0v) is 13.0. The molecule has 0 bridgehead atoms. The van der Waals surface area contributed by atoms with Crippen molar-refractivity contribution < 1.29 is 15.0 Å². The van der Waals surface area contributed by atoms with Crippen LogP contribution in [0.15, 0.2) is 42.0 Å². The third kappa shape index (κ3) is 3.44. The van der Waals surface area contributed by atoms with Gasteiger partial charge in [0.05, 0.1) is 6.07 Å². The second kappa shape index (κ2) is 6.69. The van der Waals surface area contributed by atoms with E-state index in [9.17, 15) is 15.2 Å². The van der Waals surface area contributed by atoms with Crippen LogP contribution in [0.5, 0.6) is 0 Å². The third-order valence-electron chi connectivity index (χ3n) is 4.07. The predicted octanol–water partition coefficient (Wildman–Crippen LogP) is 2.99. The number of carboxylic acid groups (broad SMARTS) is 1. The lowest BCUT2D eigenvalue weighted by molar-refractivity contribution is -0.131. The number of nitriles is 1. The number of benzene rings is 1. The molecule has 0 amide bonds. The van der Waals surface area contributed by atoms with Crippen molar-refractivity contribution in [3.8, 4) is 17.9 Å². The maximum Gasteiger partial charge on any atom is 0.329 e. The normalized spacial score (nSPS) is 18.0. The summed E-state index contributed by atoms with van der Waals surface area (Å²) in [5, 5.41) is 29.6. The Morgan fingerprint density at radius 2 is 2.04 bits per heavy atom. The highest BCUT2D eigenvalue weighted by molar-refractivity contribution is 5.81. The van der Waals surface area contributed by atoms with Crippen LogP contribution in [-0.4, -0.2) is 16.2 Å². The Bertz CT molecular complexity index is 714. The van der Waals surface area contributed by atoms with E-state index in [2.05, 4.69) is 17.9 Å². The monoisotopic (exact) mass is 309 g/mol. The van der Waals surface area contributed by atoms with Crippen LogP contribution in [-0.2, 0) is 10.4 Å². The van der Waals surface area contributed by atoms with Crippen molar-refractivity contribution in [1.29, 1.82) is 5.26 Å². The topological polar surface area (TPSA) is 81.3 Å². The molecule has 4 heteroatoms. The summed E-state index contributed by atoms with van der Waals surface area (Å²) in [6.45, 7) is 1.93. The molecule has 4 nitrogen and oxygen atoms in total. The quantitative estimate of drug-likeness (QED) is 0.647. The number of rotatable bonds is 5. The first-order valence-electron chi connectivity index (χ1n) is 7.63. The van der Waals surface area contributed by atoms with Crippen molar-refractivity contribution in [2.45, 2.75) is 38.2 Å². The van der Waals surface area contributed by atoms with Crippen molar-refractivity contribution in [2.75, 3.05) is 0 Å². The van der Waals surface area contributed by atoms with Gasteiger partial charge in [0.1, 0.15) is 5.41 Å². The maximum atomic E-state index is 11.2. The van der Waals surface area contributed by atoms with Crippen LogP contribution in [0.3, 0.4) is 0 Å². The Balaban J connectivity index is 2.48. The van der Waals surface area contributed by atoms with E-state index < -0.39 is 17.0 Å². The van der Waals surface area contributed by atoms with E-state index in [1.165, 1.54) is 0 Å². The van der Waals surface area contributed by atoms with Gasteiger partial charge in [0.25, 0.3) is 0 Å². The van der Waals surface area contributed by atoms with Crippen molar-refractivity contribution in [2.24, 2.45) is 5.41 Å². The molecule has 23 heavy (non-hydrogen) atoms. The minimum atomic E-state index is -1.59. The zero-order chi connectivity index (χ0) is 16.9. The standard InChI is InChI=1S/C19H19NO3/c1-2-6-15(13-17(21)22)9-10-19(23,18(14-20)11-12-18)16-7-4-3-5-8-16/h3-5,7-8,13,23H,2,6,11-12H2,1H3,(H,21,22)/b15-13-/t19-/m1/s1. The second-order valence-corrected chi connectivity index (χ2v) is 5.78. The molecule has 1 aliphatic carbocycles. The van der Waals surface area contributed by atoms with Gasteiger partial charge in [-0.3, -0.25) is 0 Å². The number of aliphatic hydroxyl groups is 1. The first kappa shape index (κ1) is 16.8. The summed E-state index contributed by atoms with van der Waals surface area (Å²) in [6, 6.07) is 11.1. The first-order chi connectivity index (χ1) is 11.0. The van der Waals surface area contributed by atoms with Gasteiger partial charge in [0, 0.05) is 11.6 Å². The lowest BCUT2D eigenvalue weighted by Gasteiger charge is -2.27. The van der Waals surface area contributed by atoms with Gasteiger partial charge in [-0.05, 0) is 24.8 Å². The molecule has 0 unspecified atom stereocenters. The lowest BCUT2D eigenvalue weighted by Crippen LogP contribution is -2.34. The molecule has 2 rings (SSSR count). The molecule has 0 radical (unpaired) electrons. The first-order valence-corrected chi connectivity index (χ1v) is 7.63. The fraction of sp³-hybridized carbons (Fsp3) is 0.368. The van der Waals surface area contributed by atoms with Crippen LogP contribution in [0.1, 0.15) is 38.2 Å². The molecule has 0 aromatic heterocycles. The minimum Gasteiger partial charge on any atom is -0.478 e. The highest BCUT2D eigenvalue weighted by atomic mass is 16.4. The highest BCUT2D eigenvalue weighted by Gasteiger charge is 2.60. The molecular weight excluding hydrogens is 290 g/mol. The smallest absolute Gasteiger partial charge is 0.329 e. The molecule has 1 aromatic rings. The fourth-order valence-electron chi connectivity index (χ4n) is 2.59. The maximum absolute atomic E-state index is 11.2.